The minimum atomic E-state index is -0.260. The van der Waals surface area contributed by atoms with Gasteiger partial charge in [0.15, 0.2) is 0 Å². The average molecular weight is 351 g/mol. The highest BCUT2D eigenvalue weighted by Gasteiger charge is 2.17. The monoisotopic (exact) mass is 350 g/mol. The molecule has 0 radical (unpaired) electrons. The first-order chi connectivity index (χ1) is 11.6. The molecule has 0 spiro atoms. The van der Waals surface area contributed by atoms with Gasteiger partial charge < -0.3 is 13.9 Å². The summed E-state index contributed by atoms with van der Waals surface area (Å²) in [6.07, 6.45) is 2.72. The smallest absolute Gasteiger partial charge is 0.310 e. The summed E-state index contributed by atoms with van der Waals surface area (Å²) in [6, 6.07) is 7.48. The zero-order chi connectivity index (χ0) is 17.5. The zero-order valence-corrected chi connectivity index (χ0v) is 15.1. The molecule has 0 aliphatic heterocycles. The fourth-order valence-corrected chi connectivity index (χ4v) is 2.79. The zero-order valence-electron chi connectivity index (χ0n) is 14.3. The lowest BCUT2D eigenvalue weighted by molar-refractivity contribution is -0.142. The molecule has 0 saturated heterocycles. The fourth-order valence-electron chi connectivity index (χ4n) is 2.61. The fraction of sp³-hybridized carbons (Fsp3) is 0.421. The standard InChI is InChI=1S/C19H23ClO4/c1-4-16-15(12-24-19(16)13(3)20)11-23-17-9-7-6-8-14(17)10-18(21)22-5-2/h6-9,12-13H,4-5,10-11H2,1-3H3. The number of hydrogen-bond acceptors (Lipinski definition) is 4. The van der Waals surface area contributed by atoms with E-state index in [2.05, 4.69) is 6.92 Å². The second-order valence-electron chi connectivity index (χ2n) is 5.45. The molecular weight excluding hydrogens is 328 g/mol. The van der Waals surface area contributed by atoms with Crippen LogP contribution in [0, 0.1) is 0 Å². The van der Waals surface area contributed by atoms with Crippen LogP contribution in [0.2, 0.25) is 0 Å². The Morgan fingerprint density at radius 1 is 1.25 bits per heavy atom. The maximum Gasteiger partial charge on any atom is 0.310 e. The number of ether oxygens (including phenoxy) is 2. The summed E-state index contributed by atoms with van der Waals surface area (Å²) in [5, 5.41) is -0.176. The van der Waals surface area contributed by atoms with Gasteiger partial charge in [-0.05, 0) is 26.3 Å². The van der Waals surface area contributed by atoms with Gasteiger partial charge >= 0.3 is 5.97 Å². The van der Waals surface area contributed by atoms with Crippen molar-refractivity contribution < 1.29 is 18.7 Å². The van der Waals surface area contributed by atoms with Crippen molar-refractivity contribution in [1.29, 1.82) is 0 Å². The summed E-state index contributed by atoms with van der Waals surface area (Å²) in [4.78, 5) is 11.7. The number of rotatable bonds is 8. The molecule has 0 saturated carbocycles. The molecule has 0 bridgehead atoms. The number of hydrogen-bond donors (Lipinski definition) is 0. The summed E-state index contributed by atoms with van der Waals surface area (Å²) < 4.78 is 16.5. The Labute approximate surface area is 147 Å². The largest absolute Gasteiger partial charge is 0.488 e. The van der Waals surface area contributed by atoms with Gasteiger partial charge in [0, 0.05) is 16.7 Å². The Morgan fingerprint density at radius 2 is 2.00 bits per heavy atom. The van der Waals surface area contributed by atoms with Crippen molar-refractivity contribution in [2.45, 2.75) is 45.6 Å². The first-order valence-corrected chi connectivity index (χ1v) is 8.59. The third-order valence-corrected chi connectivity index (χ3v) is 3.92. The van der Waals surface area contributed by atoms with Gasteiger partial charge in [0.2, 0.25) is 0 Å². The van der Waals surface area contributed by atoms with Crippen LogP contribution in [0.5, 0.6) is 5.75 Å². The molecule has 2 rings (SSSR count). The van der Waals surface area contributed by atoms with Crippen molar-refractivity contribution in [3.05, 3.63) is 53.0 Å². The highest BCUT2D eigenvalue weighted by molar-refractivity contribution is 6.20. The lowest BCUT2D eigenvalue weighted by Gasteiger charge is -2.11. The summed E-state index contributed by atoms with van der Waals surface area (Å²) >= 11 is 6.14. The molecule has 2 aromatic rings. The van der Waals surface area contributed by atoms with Gasteiger partial charge in [0.25, 0.3) is 0 Å². The molecule has 0 fully saturated rings. The quantitative estimate of drug-likeness (QED) is 0.505. The van der Waals surface area contributed by atoms with Crippen molar-refractivity contribution in [1.82, 2.24) is 0 Å². The van der Waals surface area contributed by atoms with Gasteiger partial charge in [-0.1, -0.05) is 25.1 Å². The Morgan fingerprint density at radius 3 is 2.67 bits per heavy atom. The number of esters is 1. The molecule has 5 heteroatoms. The minimum absolute atomic E-state index is 0.176. The van der Waals surface area contributed by atoms with E-state index in [1.54, 1.807) is 13.2 Å². The van der Waals surface area contributed by atoms with Crippen LogP contribution in [-0.4, -0.2) is 12.6 Å². The van der Waals surface area contributed by atoms with Crippen LogP contribution in [-0.2, 0) is 29.0 Å². The molecule has 0 N–H and O–H groups in total. The summed E-state index contributed by atoms with van der Waals surface area (Å²) in [5.41, 5.74) is 2.87. The van der Waals surface area contributed by atoms with Crippen molar-refractivity contribution in [2.24, 2.45) is 0 Å². The van der Waals surface area contributed by atoms with Crippen molar-refractivity contribution in [3.8, 4) is 5.75 Å². The van der Waals surface area contributed by atoms with Crippen LogP contribution in [0.1, 0.15) is 48.6 Å². The lowest BCUT2D eigenvalue weighted by atomic mass is 10.1. The Kier molecular flexibility index (Phi) is 6.73. The Bertz CT molecular complexity index is 676. The van der Waals surface area contributed by atoms with Gasteiger partial charge in [-0.2, -0.15) is 0 Å². The second kappa shape index (κ2) is 8.78. The molecule has 130 valence electrons. The molecule has 0 amide bonds. The van der Waals surface area contributed by atoms with E-state index in [0.717, 1.165) is 28.9 Å². The molecule has 0 aliphatic carbocycles. The van der Waals surface area contributed by atoms with E-state index >= 15 is 0 Å². The van der Waals surface area contributed by atoms with Crippen LogP contribution in [0.4, 0.5) is 0 Å². The molecular formula is C19H23ClO4. The summed E-state index contributed by atoms with van der Waals surface area (Å²) in [7, 11) is 0. The van der Waals surface area contributed by atoms with Gasteiger partial charge in [0.05, 0.1) is 24.7 Å². The molecule has 0 aliphatic rings. The van der Waals surface area contributed by atoms with Gasteiger partial charge in [-0.15, -0.1) is 11.6 Å². The maximum absolute atomic E-state index is 11.7. The average Bonchev–Trinajstić information content (AvgIpc) is 2.97. The van der Waals surface area contributed by atoms with E-state index in [4.69, 9.17) is 25.5 Å². The van der Waals surface area contributed by atoms with Crippen molar-refractivity contribution in [2.75, 3.05) is 6.61 Å². The topological polar surface area (TPSA) is 48.7 Å². The van der Waals surface area contributed by atoms with Gasteiger partial charge in [0.1, 0.15) is 18.1 Å². The molecule has 1 heterocycles. The van der Waals surface area contributed by atoms with E-state index in [9.17, 15) is 4.79 Å². The SMILES string of the molecule is CCOC(=O)Cc1ccccc1OCc1coc(C(C)Cl)c1CC. The van der Waals surface area contributed by atoms with Crippen molar-refractivity contribution in [3.63, 3.8) is 0 Å². The third-order valence-electron chi connectivity index (χ3n) is 3.72. The first kappa shape index (κ1) is 18.4. The predicted molar refractivity (Wildman–Crippen MR) is 93.5 cm³/mol. The normalized spacial score (nSPS) is 12.0. The minimum Gasteiger partial charge on any atom is -0.488 e. The molecule has 1 aromatic heterocycles. The van der Waals surface area contributed by atoms with Gasteiger partial charge in [-0.3, -0.25) is 4.79 Å². The molecule has 1 atom stereocenters. The number of carbonyl (C=O) groups is 1. The molecule has 4 nitrogen and oxygen atoms in total. The highest BCUT2D eigenvalue weighted by Crippen LogP contribution is 2.29. The Balaban J connectivity index is 2.11. The summed E-state index contributed by atoms with van der Waals surface area (Å²) in [6.45, 7) is 6.48. The number of alkyl halides is 1. The number of carbonyl (C=O) groups excluding carboxylic acids is 1. The lowest BCUT2D eigenvalue weighted by Crippen LogP contribution is -2.09. The van der Waals surface area contributed by atoms with Crippen LogP contribution >= 0.6 is 11.6 Å². The van der Waals surface area contributed by atoms with Gasteiger partial charge in [-0.25, -0.2) is 0 Å². The van der Waals surface area contributed by atoms with Crippen LogP contribution < -0.4 is 4.74 Å². The molecule has 1 aromatic carbocycles. The van der Waals surface area contributed by atoms with E-state index in [1.165, 1.54) is 0 Å². The van der Waals surface area contributed by atoms with Crippen molar-refractivity contribution >= 4 is 17.6 Å². The number of furan rings is 1. The Hall–Kier alpha value is -1.94. The predicted octanol–water partition coefficient (Wildman–Crippen LogP) is 4.83. The van der Waals surface area contributed by atoms with Crippen LogP contribution in [0.25, 0.3) is 0 Å². The molecule has 1 unspecified atom stereocenters. The van der Waals surface area contributed by atoms with E-state index in [1.807, 2.05) is 31.2 Å². The maximum atomic E-state index is 11.7. The number of para-hydroxylation sites is 1. The van der Waals surface area contributed by atoms with E-state index in [-0.39, 0.29) is 17.8 Å². The number of halogens is 1. The first-order valence-electron chi connectivity index (χ1n) is 8.16. The van der Waals surface area contributed by atoms with Crippen LogP contribution in [0.15, 0.2) is 34.9 Å². The second-order valence-corrected chi connectivity index (χ2v) is 6.11. The van der Waals surface area contributed by atoms with E-state index in [0.29, 0.717) is 19.0 Å². The summed E-state index contributed by atoms with van der Waals surface area (Å²) in [5.74, 6) is 1.20. The third kappa shape index (κ3) is 4.54. The van der Waals surface area contributed by atoms with Crippen LogP contribution in [0.3, 0.4) is 0 Å². The van der Waals surface area contributed by atoms with E-state index < -0.39 is 0 Å². The number of benzene rings is 1. The highest BCUT2D eigenvalue weighted by atomic mass is 35.5. The molecule has 24 heavy (non-hydrogen) atoms.